The van der Waals surface area contributed by atoms with E-state index in [0.29, 0.717) is 6.54 Å². The van der Waals surface area contributed by atoms with Gasteiger partial charge in [0.15, 0.2) is 0 Å². The lowest BCUT2D eigenvalue weighted by molar-refractivity contribution is -0.138. The summed E-state index contributed by atoms with van der Waals surface area (Å²) in [5, 5.41) is 17.1. The van der Waals surface area contributed by atoms with E-state index in [2.05, 4.69) is 6.92 Å². The normalized spacial score (nSPS) is 11.3. The molecule has 0 aromatic carbocycles. The van der Waals surface area contributed by atoms with E-state index in [4.69, 9.17) is 10.2 Å². The number of unbranched alkanes of at least 4 members (excludes halogenated alkanes) is 2. The quantitative estimate of drug-likeness (QED) is 0.463. The SMILES string of the molecule is CCCCCN(CC=CO)CC(=O)O. The number of rotatable bonds is 8. The Labute approximate surface area is 84.8 Å². The minimum Gasteiger partial charge on any atom is -0.516 e. The van der Waals surface area contributed by atoms with E-state index in [1.807, 2.05) is 0 Å². The fourth-order valence-electron chi connectivity index (χ4n) is 1.21. The van der Waals surface area contributed by atoms with Crippen molar-refractivity contribution in [1.82, 2.24) is 4.90 Å². The fourth-order valence-corrected chi connectivity index (χ4v) is 1.21. The van der Waals surface area contributed by atoms with Crippen molar-refractivity contribution < 1.29 is 15.0 Å². The lowest BCUT2D eigenvalue weighted by Gasteiger charge is -2.17. The molecular weight excluding hydrogens is 182 g/mol. The van der Waals surface area contributed by atoms with E-state index >= 15 is 0 Å². The highest BCUT2D eigenvalue weighted by molar-refractivity contribution is 5.69. The van der Waals surface area contributed by atoms with Crippen LogP contribution in [0.4, 0.5) is 0 Å². The number of carbonyl (C=O) groups is 1. The van der Waals surface area contributed by atoms with Crippen LogP contribution in [0.3, 0.4) is 0 Å². The summed E-state index contributed by atoms with van der Waals surface area (Å²) in [5.74, 6) is -0.826. The number of hydrogen-bond donors (Lipinski definition) is 2. The summed E-state index contributed by atoms with van der Waals surface area (Å²) in [4.78, 5) is 12.3. The first kappa shape index (κ1) is 13.0. The van der Waals surface area contributed by atoms with Crippen LogP contribution in [0.2, 0.25) is 0 Å². The van der Waals surface area contributed by atoms with E-state index in [0.717, 1.165) is 32.1 Å². The Balaban J connectivity index is 3.77. The van der Waals surface area contributed by atoms with Crippen molar-refractivity contribution in [3.63, 3.8) is 0 Å². The highest BCUT2D eigenvalue weighted by Gasteiger charge is 2.06. The molecule has 2 N–H and O–H groups in total. The highest BCUT2D eigenvalue weighted by Crippen LogP contribution is 1.98. The first-order chi connectivity index (χ1) is 6.70. The Morgan fingerprint density at radius 2 is 2.14 bits per heavy atom. The molecule has 0 unspecified atom stereocenters. The van der Waals surface area contributed by atoms with Gasteiger partial charge in [0.1, 0.15) is 0 Å². The largest absolute Gasteiger partial charge is 0.516 e. The third-order valence-electron chi connectivity index (χ3n) is 1.91. The number of aliphatic hydroxyl groups is 1. The van der Waals surface area contributed by atoms with Gasteiger partial charge in [0.2, 0.25) is 0 Å². The first-order valence-corrected chi connectivity index (χ1v) is 4.94. The van der Waals surface area contributed by atoms with Gasteiger partial charge in [-0.2, -0.15) is 0 Å². The molecule has 82 valence electrons. The molecule has 0 aromatic rings. The number of nitrogens with zero attached hydrogens (tertiary/aromatic N) is 1. The summed E-state index contributed by atoms with van der Waals surface area (Å²) in [7, 11) is 0. The molecule has 0 aliphatic rings. The molecule has 0 spiro atoms. The smallest absolute Gasteiger partial charge is 0.317 e. The average molecular weight is 201 g/mol. The Bertz CT molecular complexity index is 180. The van der Waals surface area contributed by atoms with Crippen LogP contribution in [0.5, 0.6) is 0 Å². The van der Waals surface area contributed by atoms with Crippen LogP contribution < -0.4 is 0 Å². The molecule has 14 heavy (non-hydrogen) atoms. The molecule has 0 rings (SSSR count). The Morgan fingerprint density at radius 3 is 2.64 bits per heavy atom. The van der Waals surface area contributed by atoms with Crippen LogP contribution in [0.25, 0.3) is 0 Å². The third-order valence-corrected chi connectivity index (χ3v) is 1.91. The van der Waals surface area contributed by atoms with Crippen molar-refractivity contribution in [2.24, 2.45) is 0 Å². The van der Waals surface area contributed by atoms with Gasteiger partial charge in [-0.15, -0.1) is 0 Å². The van der Waals surface area contributed by atoms with Crippen molar-refractivity contribution >= 4 is 5.97 Å². The molecule has 4 heteroatoms. The average Bonchev–Trinajstić information content (AvgIpc) is 2.13. The van der Waals surface area contributed by atoms with E-state index in [9.17, 15) is 4.79 Å². The minimum absolute atomic E-state index is 0.0358. The van der Waals surface area contributed by atoms with Crippen LogP contribution in [0.1, 0.15) is 26.2 Å². The second kappa shape index (κ2) is 8.56. The van der Waals surface area contributed by atoms with Crippen LogP contribution in [0, 0.1) is 0 Å². The maximum atomic E-state index is 10.5. The molecule has 0 bridgehead atoms. The van der Waals surface area contributed by atoms with Gasteiger partial charge in [-0.25, -0.2) is 0 Å². The minimum atomic E-state index is -0.826. The molecule has 0 saturated heterocycles. The molecule has 0 aliphatic carbocycles. The lowest BCUT2D eigenvalue weighted by atomic mass is 10.2. The van der Waals surface area contributed by atoms with Gasteiger partial charge in [-0.1, -0.05) is 19.8 Å². The molecular formula is C10H19NO3. The summed E-state index contributed by atoms with van der Waals surface area (Å²) >= 11 is 0. The Hall–Kier alpha value is -1.03. The summed E-state index contributed by atoms with van der Waals surface area (Å²) in [6.45, 7) is 3.40. The summed E-state index contributed by atoms with van der Waals surface area (Å²) in [6, 6.07) is 0. The highest BCUT2D eigenvalue weighted by atomic mass is 16.4. The second-order valence-corrected chi connectivity index (χ2v) is 3.22. The molecule has 0 heterocycles. The zero-order chi connectivity index (χ0) is 10.8. The van der Waals surface area contributed by atoms with E-state index in [1.165, 1.54) is 0 Å². The zero-order valence-electron chi connectivity index (χ0n) is 8.65. The number of carboxylic acids is 1. The third kappa shape index (κ3) is 7.61. The van der Waals surface area contributed by atoms with Crippen molar-refractivity contribution in [2.75, 3.05) is 19.6 Å². The monoisotopic (exact) mass is 201 g/mol. The van der Waals surface area contributed by atoms with Gasteiger partial charge in [-0.3, -0.25) is 9.69 Å². The van der Waals surface area contributed by atoms with Crippen molar-refractivity contribution in [3.05, 3.63) is 12.3 Å². The number of aliphatic hydroxyl groups excluding tert-OH is 1. The van der Waals surface area contributed by atoms with Gasteiger partial charge >= 0.3 is 5.97 Å². The van der Waals surface area contributed by atoms with Gasteiger partial charge in [0.25, 0.3) is 0 Å². The summed E-state index contributed by atoms with van der Waals surface area (Å²) in [6.07, 6.45) is 5.74. The van der Waals surface area contributed by atoms with Crippen LogP contribution in [-0.4, -0.2) is 40.7 Å². The Kier molecular flexibility index (Phi) is 7.93. The molecule has 0 radical (unpaired) electrons. The molecule has 0 atom stereocenters. The topological polar surface area (TPSA) is 60.8 Å². The van der Waals surface area contributed by atoms with E-state index in [1.54, 1.807) is 11.0 Å². The number of aliphatic carboxylic acids is 1. The molecule has 0 aliphatic heterocycles. The van der Waals surface area contributed by atoms with Crippen LogP contribution in [-0.2, 0) is 4.79 Å². The van der Waals surface area contributed by atoms with Crippen LogP contribution in [0.15, 0.2) is 12.3 Å². The molecule has 0 saturated carbocycles. The van der Waals surface area contributed by atoms with E-state index in [-0.39, 0.29) is 6.54 Å². The molecule has 0 fully saturated rings. The predicted molar refractivity (Wildman–Crippen MR) is 55.4 cm³/mol. The van der Waals surface area contributed by atoms with Crippen molar-refractivity contribution in [2.45, 2.75) is 26.2 Å². The standard InChI is InChI=1S/C10H19NO3/c1-2-3-4-6-11(7-5-8-12)9-10(13)14/h5,8,12H,2-4,6-7,9H2,1H3,(H,13,14). The first-order valence-electron chi connectivity index (χ1n) is 4.94. The van der Waals surface area contributed by atoms with Gasteiger partial charge in [0, 0.05) is 6.54 Å². The van der Waals surface area contributed by atoms with Gasteiger partial charge in [-0.05, 0) is 19.0 Å². The fraction of sp³-hybridized carbons (Fsp3) is 0.700. The van der Waals surface area contributed by atoms with Crippen molar-refractivity contribution in [3.8, 4) is 0 Å². The predicted octanol–water partition coefficient (Wildman–Crippen LogP) is 1.63. The molecule has 0 amide bonds. The maximum absolute atomic E-state index is 10.5. The number of hydrogen-bond acceptors (Lipinski definition) is 3. The number of carboxylic acid groups (broad SMARTS) is 1. The maximum Gasteiger partial charge on any atom is 0.317 e. The van der Waals surface area contributed by atoms with Crippen molar-refractivity contribution in [1.29, 1.82) is 0 Å². The lowest BCUT2D eigenvalue weighted by Crippen LogP contribution is -2.30. The Morgan fingerprint density at radius 1 is 1.43 bits per heavy atom. The van der Waals surface area contributed by atoms with Gasteiger partial charge in [0.05, 0.1) is 12.8 Å². The summed E-state index contributed by atoms with van der Waals surface area (Å²) < 4.78 is 0. The second-order valence-electron chi connectivity index (χ2n) is 3.22. The zero-order valence-corrected chi connectivity index (χ0v) is 8.65. The molecule has 0 aromatic heterocycles. The molecule has 4 nitrogen and oxygen atoms in total. The summed E-state index contributed by atoms with van der Waals surface area (Å²) in [5.41, 5.74) is 0. The van der Waals surface area contributed by atoms with E-state index < -0.39 is 5.97 Å². The van der Waals surface area contributed by atoms with Crippen LogP contribution >= 0.6 is 0 Å². The van der Waals surface area contributed by atoms with Gasteiger partial charge < -0.3 is 10.2 Å².